The third-order valence-corrected chi connectivity index (χ3v) is 11.2. The minimum Gasteiger partial charge on any atom is -0.462 e. The summed E-state index contributed by atoms with van der Waals surface area (Å²) in [6.45, 7) is 6.23. The molecule has 0 aromatic rings. The number of rotatable bonds is 45. The van der Waals surface area contributed by atoms with Crippen molar-refractivity contribution in [2.24, 2.45) is 0 Å². The molecule has 6 nitrogen and oxygen atoms in total. The molecule has 0 rings (SSSR count). The van der Waals surface area contributed by atoms with Gasteiger partial charge in [0.1, 0.15) is 6.10 Å². The molecule has 0 aliphatic heterocycles. The quantitative estimate of drug-likeness (QED) is 0.0322. The molecule has 0 spiro atoms. The van der Waals surface area contributed by atoms with Crippen LogP contribution in [-0.4, -0.2) is 46.9 Å². The summed E-state index contributed by atoms with van der Waals surface area (Å²) < 4.78 is 5.91. The van der Waals surface area contributed by atoms with Crippen molar-refractivity contribution in [2.75, 3.05) is 6.61 Å². The van der Waals surface area contributed by atoms with Gasteiger partial charge in [0.25, 0.3) is 0 Å². The van der Waals surface area contributed by atoms with Gasteiger partial charge in [0.2, 0.25) is 5.91 Å². The van der Waals surface area contributed by atoms with Crippen molar-refractivity contribution < 1.29 is 24.5 Å². The van der Waals surface area contributed by atoms with Crippen molar-refractivity contribution in [3.63, 3.8) is 0 Å². The molecule has 0 radical (unpaired) electrons. The molecular weight excluding hydrogens is 779 g/mol. The van der Waals surface area contributed by atoms with Crippen LogP contribution in [0.3, 0.4) is 0 Å². The topological polar surface area (TPSA) is 95.9 Å². The molecule has 0 aliphatic rings. The van der Waals surface area contributed by atoms with Crippen LogP contribution in [-0.2, 0) is 14.3 Å². The van der Waals surface area contributed by atoms with Gasteiger partial charge >= 0.3 is 5.97 Å². The predicted molar refractivity (Wildman–Crippen MR) is 273 cm³/mol. The van der Waals surface area contributed by atoms with Gasteiger partial charge in [0.15, 0.2) is 0 Å². The molecule has 0 aromatic heterocycles. The van der Waals surface area contributed by atoms with Crippen LogP contribution in [0.2, 0.25) is 0 Å². The molecule has 3 atom stereocenters. The summed E-state index contributed by atoms with van der Waals surface area (Å²) in [5.74, 6) is -0.541. The standard InChI is InChI=1S/C57H97NO5/c1-4-7-10-13-16-19-22-24-26-27-28-29-30-32-35-38-41-44-47-50-57(62)63-53(48-45-42-39-36-34-31-25-23-20-17-14-11-8-5-2)51-56(61)58-54(52-59)55(60)49-46-43-40-37-33-21-18-15-12-9-6-3/h7-8,10-11,16-17,19-20,24-26,28-29,31-32,35,53-55,59-60H,4-6,9,12-15,18,21-23,27,30,33-34,36-52H2,1-3H3,(H,58,61)/b10-7-,11-8+,19-16-,20-17+,26-24-,29-28-,31-25+,35-32-. The highest BCUT2D eigenvalue weighted by molar-refractivity contribution is 5.77. The maximum Gasteiger partial charge on any atom is 0.306 e. The van der Waals surface area contributed by atoms with Crippen LogP contribution in [0.25, 0.3) is 0 Å². The second-order valence-corrected chi connectivity index (χ2v) is 17.2. The number of esters is 1. The molecule has 1 amide bonds. The van der Waals surface area contributed by atoms with Gasteiger partial charge in [-0.1, -0.05) is 208 Å². The second-order valence-electron chi connectivity index (χ2n) is 17.2. The summed E-state index contributed by atoms with van der Waals surface area (Å²) in [6.07, 6.45) is 66.1. The Morgan fingerprint density at radius 2 is 0.857 bits per heavy atom. The largest absolute Gasteiger partial charge is 0.462 e. The highest BCUT2D eigenvalue weighted by Gasteiger charge is 2.24. The lowest BCUT2D eigenvalue weighted by atomic mass is 10.0. The van der Waals surface area contributed by atoms with E-state index in [0.29, 0.717) is 19.3 Å². The van der Waals surface area contributed by atoms with E-state index >= 15 is 0 Å². The molecule has 0 aromatic carbocycles. The average Bonchev–Trinajstić information content (AvgIpc) is 3.28. The van der Waals surface area contributed by atoms with Crippen molar-refractivity contribution in [2.45, 2.75) is 244 Å². The SMILES string of the molecule is CC/C=C\C/C=C\C/C=C\C/C=C\C/C=C\CCCCCC(=O)OC(CCCCCC/C=C/C/C=C/C/C=C/CC)CC(=O)NC(CO)C(O)CCCCCCCCCCCCC. The van der Waals surface area contributed by atoms with Crippen molar-refractivity contribution in [3.05, 3.63) is 97.2 Å². The fraction of sp³-hybridized carbons (Fsp3) is 0.684. The Balaban J connectivity index is 4.68. The molecule has 0 saturated carbocycles. The van der Waals surface area contributed by atoms with Gasteiger partial charge in [-0.05, 0) is 103 Å². The molecule has 63 heavy (non-hydrogen) atoms. The van der Waals surface area contributed by atoms with Gasteiger partial charge < -0.3 is 20.3 Å². The zero-order chi connectivity index (χ0) is 45.9. The number of amides is 1. The third kappa shape index (κ3) is 45.2. The molecule has 3 unspecified atom stereocenters. The van der Waals surface area contributed by atoms with Crippen LogP contribution >= 0.6 is 0 Å². The molecule has 0 heterocycles. The Kier molecular flexibility index (Phi) is 47.2. The van der Waals surface area contributed by atoms with Crippen LogP contribution in [0.4, 0.5) is 0 Å². The average molecular weight is 876 g/mol. The van der Waals surface area contributed by atoms with E-state index in [1.165, 1.54) is 51.4 Å². The molecule has 0 bridgehead atoms. The Bertz CT molecular complexity index is 1260. The Labute approximate surface area is 388 Å². The van der Waals surface area contributed by atoms with Gasteiger partial charge in [0, 0.05) is 6.42 Å². The van der Waals surface area contributed by atoms with E-state index in [4.69, 9.17) is 4.74 Å². The predicted octanol–water partition coefficient (Wildman–Crippen LogP) is 15.7. The summed E-state index contributed by atoms with van der Waals surface area (Å²) in [5, 5.41) is 23.7. The number of unbranched alkanes of at least 4 members (excludes halogenated alkanes) is 17. The molecular formula is C57H97NO5. The molecule has 0 aliphatic carbocycles. The maximum absolute atomic E-state index is 13.2. The number of nitrogens with one attached hydrogen (secondary N) is 1. The minimum absolute atomic E-state index is 0.0436. The van der Waals surface area contributed by atoms with Crippen molar-refractivity contribution >= 4 is 11.9 Å². The first-order valence-electron chi connectivity index (χ1n) is 26.0. The zero-order valence-corrected chi connectivity index (χ0v) is 40.9. The summed E-state index contributed by atoms with van der Waals surface area (Å²) in [5.41, 5.74) is 0. The number of hydrogen-bond acceptors (Lipinski definition) is 5. The van der Waals surface area contributed by atoms with E-state index in [1.807, 2.05) is 0 Å². The van der Waals surface area contributed by atoms with Crippen molar-refractivity contribution in [1.82, 2.24) is 5.32 Å². The first-order valence-corrected chi connectivity index (χ1v) is 26.0. The Morgan fingerprint density at radius 3 is 1.30 bits per heavy atom. The van der Waals surface area contributed by atoms with Gasteiger partial charge in [-0.25, -0.2) is 0 Å². The van der Waals surface area contributed by atoms with E-state index in [1.54, 1.807) is 0 Å². The highest BCUT2D eigenvalue weighted by Crippen LogP contribution is 2.17. The number of allylic oxidation sites excluding steroid dienone is 16. The summed E-state index contributed by atoms with van der Waals surface area (Å²) in [6, 6.07) is -0.721. The highest BCUT2D eigenvalue weighted by atomic mass is 16.5. The number of aliphatic hydroxyl groups excluding tert-OH is 2. The van der Waals surface area contributed by atoms with Crippen LogP contribution in [0.1, 0.15) is 226 Å². The molecule has 0 fully saturated rings. The molecule has 6 heteroatoms. The molecule has 360 valence electrons. The van der Waals surface area contributed by atoms with Crippen LogP contribution in [0.5, 0.6) is 0 Å². The van der Waals surface area contributed by atoms with E-state index in [0.717, 1.165) is 128 Å². The van der Waals surface area contributed by atoms with Crippen LogP contribution < -0.4 is 5.32 Å². The fourth-order valence-corrected chi connectivity index (χ4v) is 7.29. The minimum atomic E-state index is -0.804. The lowest BCUT2D eigenvalue weighted by Gasteiger charge is -2.24. The van der Waals surface area contributed by atoms with E-state index in [-0.39, 0.29) is 24.9 Å². The van der Waals surface area contributed by atoms with Gasteiger partial charge in [-0.3, -0.25) is 9.59 Å². The number of carbonyl (C=O) groups excluding carboxylic acids is 2. The smallest absolute Gasteiger partial charge is 0.306 e. The van der Waals surface area contributed by atoms with Crippen LogP contribution in [0.15, 0.2) is 97.2 Å². The zero-order valence-electron chi connectivity index (χ0n) is 40.9. The number of aliphatic hydroxyl groups is 2. The van der Waals surface area contributed by atoms with Gasteiger partial charge in [0.05, 0.1) is 25.2 Å². The van der Waals surface area contributed by atoms with E-state index in [2.05, 4.69) is 123 Å². The number of ether oxygens (including phenoxy) is 1. The number of hydrogen-bond donors (Lipinski definition) is 3. The van der Waals surface area contributed by atoms with Gasteiger partial charge in [-0.15, -0.1) is 0 Å². The third-order valence-electron chi connectivity index (χ3n) is 11.2. The summed E-state index contributed by atoms with van der Waals surface area (Å²) in [7, 11) is 0. The van der Waals surface area contributed by atoms with Crippen LogP contribution in [0, 0.1) is 0 Å². The first kappa shape index (κ1) is 59.8. The Morgan fingerprint density at radius 1 is 0.476 bits per heavy atom. The second kappa shape index (κ2) is 49.8. The molecule has 0 saturated heterocycles. The Hall–Kier alpha value is -3.22. The maximum atomic E-state index is 13.2. The molecule has 3 N–H and O–H groups in total. The normalized spacial score (nSPS) is 14.0. The lowest BCUT2D eigenvalue weighted by molar-refractivity contribution is -0.151. The lowest BCUT2D eigenvalue weighted by Crippen LogP contribution is -2.46. The van der Waals surface area contributed by atoms with Crippen molar-refractivity contribution in [3.8, 4) is 0 Å². The fourth-order valence-electron chi connectivity index (χ4n) is 7.29. The summed E-state index contributed by atoms with van der Waals surface area (Å²) in [4.78, 5) is 26.2. The monoisotopic (exact) mass is 876 g/mol. The summed E-state index contributed by atoms with van der Waals surface area (Å²) >= 11 is 0. The number of carbonyl (C=O) groups is 2. The van der Waals surface area contributed by atoms with E-state index in [9.17, 15) is 19.8 Å². The van der Waals surface area contributed by atoms with E-state index < -0.39 is 18.2 Å². The first-order chi connectivity index (χ1) is 31.0. The van der Waals surface area contributed by atoms with Crippen molar-refractivity contribution in [1.29, 1.82) is 0 Å². The van der Waals surface area contributed by atoms with Gasteiger partial charge in [-0.2, -0.15) is 0 Å².